The Morgan fingerprint density at radius 2 is 0.844 bits per heavy atom. The summed E-state index contributed by atoms with van der Waals surface area (Å²) in [5, 5.41) is 19.4. The minimum atomic E-state index is -0.610. The summed E-state index contributed by atoms with van der Waals surface area (Å²) >= 11 is 0. The van der Waals surface area contributed by atoms with Gasteiger partial charge in [0, 0.05) is 0 Å². The molecule has 0 aliphatic carbocycles. The number of aryl methyl sites for hydroxylation is 2. The predicted octanol–water partition coefficient (Wildman–Crippen LogP) is 1.92. The summed E-state index contributed by atoms with van der Waals surface area (Å²) in [5.74, 6) is 0.00490. The van der Waals surface area contributed by atoms with Crippen LogP contribution in [0.1, 0.15) is 11.1 Å². The first-order chi connectivity index (χ1) is 15.2. The molecule has 2 N–H and O–H groups in total. The van der Waals surface area contributed by atoms with Crippen molar-refractivity contribution in [2.45, 2.75) is 13.8 Å². The molecule has 8 nitrogen and oxygen atoms in total. The van der Waals surface area contributed by atoms with E-state index in [1.165, 1.54) is 48.5 Å². The molecule has 0 bridgehead atoms. The zero-order chi connectivity index (χ0) is 22.9. The van der Waals surface area contributed by atoms with E-state index in [1.807, 2.05) is 0 Å². The molecule has 2 aromatic heterocycles. The molecule has 0 unspecified atom stereocenters. The van der Waals surface area contributed by atoms with Crippen molar-refractivity contribution in [3.63, 3.8) is 0 Å². The SMILES string of the molecule is Cc1cc(O)ccc1-n1c(=O)c2cc3c(=O)n(-c4ccc(O)cc4C)c(=O)c3cc2c1=O. The van der Waals surface area contributed by atoms with Crippen LogP contribution in [0.15, 0.2) is 67.7 Å². The lowest BCUT2D eigenvalue weighted by molar-refractivity contribution is 0.474. The predicted molar refractivity (Wildman–Crippen MR) is 120 cm³/mol. The highest BCUT2D eigenvalue weighted by Crippen LogP contribution is 2.22. The summed E-state index contributed by atoms with van der Waals surface area (Å²) in [7, 11) is 0. The Morgan fingerprint density at radius 3 is 1.12 bits per heavy atom. The summed E-state index contributed by atoms with van der Waals surface area (Å²) in [5.41, 5.74) is -0.771. The first-order valence-electron chi connectivity index (χ1n) is 9.74. The zero-order valence-electron chi connectivity index (χ0n) is 17.0. The van der Waals surface area contributed by atoms with Gasteiger partial charge in [0.25, 0.3) is 22.2 Å². The monoisotopic (exact) mass is 428 g/mol. The second-order valence-electron chi connectivity index (χ2n) is 7.78. The van der Waals surface area contributed by atoms with Crippen LogP contribution in [0.2, 0.25) is 0 Å². The Morgan fingerprint density at radius 1 is 0.531 bits per heavy atom. The van der Waals surface area contributed by atoms with E-state index in [2.05, 4.69) is 0 Å². The number of phenols is 2. The van der Waals surface area contributed by atoms with E-state index in [1.54, 1.807) is 13.8 Å². The molecular weight excluding hydrogens is 412 g/mol. The Balaban J connectivity index is 1.85. The molecule has 0 amide bonds. The Hall–Kier alpha value is -4.46. The van der Waals surface area contributed by atoms with Crippen LogP contribution in [0.3, 0.4) is 0 Å². The van der Waals surface area contributed by atoms with E-state index in [0.29, 0.717) is 22.5 Å². The quantitative estimate of drug-likeness (QED) is 0.444. The van der Waals surface area contributed by atoms with Gasteiger partial charge in [-0.15, -0.1) is 0 Å². The fraction of sp³-hybridized carbons (Fsp3) is 0.0833. The molecule has 8 heteroatoms. The molecule has 2 heterocycles. The fourth-order valence-electron chi connectivity index (χ4n) is 4.19. The van der Waals surface area contributed by atoms with Crippen molar-refractivity contribution in [3.05, 3.63) is 101 Å². The minimum Gasteiger partial charge on any atom is -0.508 e. The van der Waals surface area contributed by atoms with Crippen molar-refractivity contribution in [2.24, 2.45) is 0 Å². The lowest BCUT2D eigenvalue weighted by Gasteiger charge is -2.05. The van der Waals surface area contributed by atoms with Crippen LogP contribution in [-0.2, 0) is 0 Å². The van der Waals surface area contributed by atoms with Gasteiger partial charge in [-0.2, -0.15) is 0 Å². The van der Waals surface area contributed by atoms with Crippen molar-refractivity contribution < 1.29 is 10.2 Å². The van der Waals surface area contributed by atoms with Crippen LogP contribution in [-0.4, -0.2) is 19.3 Å². The van der Waals surface area contributed by atoms with Crippen LogP contribution in [0.25, 0.3) is 32.9 Å². The van der Waals surface area contributed by atoms with E-state index in [9.17, 15) is 29.4 Å². The van der Waals surface area contributed by atoms with Gasteiger partial charge in [0.15, 0.2) is 0 Å². The molecule has 32 heavy (non-hydrogen) atoms. The molecule has 0 radical (unpaired) electrons. The van der Waals surface area contributed by atoms with Gasteiger partial charge in [0.2, 0.25) is 0 Å². The lowest BCUT2D eigenvalue weighted by Crippen LogP contribution is -2.24. The molecule has 5 rings (SSSR count). The van der Waals surface area contributed by atoms with Gasteiger partial charge < -0.3 is 10.2 Å². The molecule has 0 spiro atoms. The molecule has 0 aliphatic rings. The van der Waals surface area contributed by atoms with Gasteiger partial charge in [0.05, 0.1) is 32.9 Å². The van der Waals surface area contributed by atoms with E-state index in [0.717, 1.165) is 9.13 Å². The maximum Gasteiger partial charge on any atom is 0.266 e. The van der Waals surface area contributed by atoms with Crippen molar-refractivity contribution in [1.82, 2.24) is 9.13 Å². The highest BCUT2D eigenvalue weighted by atomic mass is 16.3. The van der Waals surface area contributed by atoms with E-state index >= 15 is 0 Å². The van der Waals surface area contributed by atoms with Crippen molar-refractivity contribution in [2.75, 3.05) is 0 Å². The van der Waals surface area contributed by atoms with Crippen LogP contribution < -0.4 is 22.2 Å². The summed E-state index contributed by atoms with van der Waals surface area (Å²) in [6, 6.07) is 11.1. The molecule has 5 aromatic rings. The first-order valence-corrected chi connectivity index (χ1v) is 9.74. The van der Waals surface area contributed by atoms with E-state index in [-0.39, 0.29) is 33.0 Å². The highest BCUT2D eigenvalue weighted by molar-refractivity contribution is 5.98. The Labute approximate surface area is 179 Å². The number of hydrogen-bond acceptors (Lipinski definition) is 6. The van der Waals surface area contributed by atoms with Crippen molar-refractivity contribution in [3.8, 4) is 22.9 Å². The van der Waals surface area contributed by atoms with Crippen LogP contribution >= 0.6 is 0 Å². The molecular formula is C24H16N2O6. The van der Waals surface area contributed by atoms with Crippen LogP contribution in [0, 0.1) is 13.8 Å². The first kappa shape index (κ1) is 19.5. The number of phenolic OH excluding ortho intramolecular Hbond substituents is 2. The van der Waals surface area contributed by atoms with Crippen molar-refractivity contribution >= 4 is 21.5 Å². The Kier molecular flexibility index (Phi) is 3.97. The number of nitrogens with zero attached hydrogens (tertiary/aromatic N) is 2. The number of hydrogen-bond donors (Lipinski definition) is 2. The van der Waals surface area contributed by atoms with Crippen LogP contribution in [0.4, 0.5) is 0 Å². The second kappa shape index (κ2) is 6.52. The summed E-state index contributed by atoms with van der Waals surface area (Å²) in [4.78, 5) is 52.3. The number of rotatable bonds is 2. The van der Waals surface area contributed by atoms with Crippen LogP contribution in [0.5, 0.6) is 11.5 Å². The third kappa shape index (κ3) is 2.56. The largest absolute Gasteiger partial charge is 0.508 e. The lowest BCUT2D eigenvalue weighted by atomic mass is 10.1. The number of benzene rings is 3. The van der Waals surface area contributed by atoms with Crippen molar-refractivity contribution in [1.29, 1.82) is 0 Å². The molecule has 0 fully saturated rings. The summed E-state index contributed by atoms with van der Waals surface area (Å²) < 4.78 is 1.96. The van der Waals surface area contributed by atoms with Gasteiger partial charge in [-0.05, 0) is 73.5 Å². The minimum absolute atomic E-state index is 0.00245. The van der Waals surface area contributed by atoms with Gasteiger partial charge in [-0.1, -0.05) is 0 Å². The molecule has 0 saturated heterocycles. The van der Waals surface area contributed by atoms with Gasteiger partial charge in [0.1, 0.15) is 11.5 Å². The fourth-order valence-corrected chi connectivity index (χ4v) is 4.19. The molecule has 0 saturated carbocycles. The average molecular weight is 428 g/mol. The molecule has 0 aliphatic heterocycles. The standard InChI is InChI=1S/C24H16N2O6/c1-11-7-13(27)3-5-19(11)25-21(29)15-9-17-18(10-16(15)22(25)30)24(32)26(23(17)31)20-6-4-14(28)8-12(20)2/h3-10,27-28H,1-2H3. The van der Waals surface area contributed by atoms with Gasteiger partial charge in [-0.25, -0.2) is 9.13 Å². The number of aromatic nitrogens is 2. The maximum absolute atomic E-state index is 13.1. The zero-order valence-corrected chi connectivity index (χ0v) is 17.0. The molecule has 158 valence electrons. The van der Waals surface area contributed by atoms with E-state index in [4.69, 9.17) is 0 Å². The molecule has 3 aromatic carbocycles. The highest BCUT2D eigenvalue weighted by Gasteiger charge is 2.22. The van der Waals surface area contributed by atoms with E-state index < -0.39 is 22.2 Å². The molecule has 0 atom stereocenters. The normalized spacial score (nSPS) is 11.6. The average Bonchev–Trinajstić information content (AvgIpc) is 3.12. The number of aromatic hydroxyl groups is 2. The Bertz CT molecular complexity index is 1590. The summed E-state index contributed by atoms with van der Waals surface area (Å²) in [6.07, 6.45) is 0. The number of fused-ring (bicyclic) bond motifs is 2. The van der Waals surface area contributed by atoms with Gasteiger partial charge >= 0.3 is 0 Å². The second-order valence-corrected chi connectivity index (χ2v) is 7.78. The maximum atomic E-state index is 13.1. The van der Waals surface area contributed by atoms with Gasteiger partial charge in [-0.3, -0.25) is 19.2 Å². The summed E-state index contributed by atoms with van der Waals surface area (Å²) in [6.45, 7) is 3.31. The third-order valence-corrected chi connectivity index (χ3v) is 5.73. The topological polar surface area (TPSA) is 119 Å². The smallest absolute Gasteiger partial charge is 0.266 e. The third-order valence-electron chi connectivity index (χ3n) is 5.73.